The topological polar surface area (TPSA) is 9.86 Å². The van der Waals surface area contributed by atoms with Gasteiger partial charge in [0.25, 0.3) is 0 Å². The van der Waals surface area contributed by atoms with Gasteiger partial charge < -0.3 is 9.13 Å². The van der Waals surface area contributed by atoms with Gasteiger partial charge in [-0.25, -0.2) is 0 Å². The molecule has 12 aromatic rings. The molecule has 0 fully saturated rings. The van der Waals surface area contributed by atoms with E-state index in [9.17, 15) is 0 Å². The predicted octanol–water partition coefficient (Wildman–Crippen LogP) is 19.8. The molecule has 3 aliphatic carbocycles. The van der Waals surface area contributed by atoms with Crippen molar-refractivity contribution >= 4 is 54.9 Å². The van der Waals surface area contributed by atoms with Crippen molar-refractivity contribution in [3.05, 3.63) is 301 Å². The molecule has 10 aromatic carbocycles. The number of rotatable bonds is 8. The monoisotopic (exact) mass is 984 g/mol. The van der Waals surface area contributed by atoms with Crippen LogP contribution in [0.3, 0.4) is 0 Å². The van der Waals surface area contributed by atoms with Crippen molar-refractivity contribution in [1.29, 1.82) is 0 Å². The Hall–Kier alpha value is -9.24. The molecule has 2 heteroatoms. The van der Waals surface area contributed by atoms with Gasteiger partial charge in [-0.1, -0.05) is 231 Å². The lowest BCUT2D eigenvalue weighted by atomic mass is 9.75. The van der Waals surface area contributed by atoms with Crippen molar-refractivity contribution in [3.8, 4) is 44.5 Å². The van der Waals surface area contributed by atoms with Gasteiger partial charge in [0.1, 0.15) is 0 Å². The van der Waals surface area contributed by atoms with Crippen LogP contribution >= 0.6 is 0 Å². The molecule has 0 spiro atoms. The Balaban J connectivity index is 0.735. The van der Waals surface area contributed by atoms with Crippen LogP contribution in [0.5, 0.6) is 0 Å². The van der Waals surface area contributed by atoms with Gasteiger partial charge in [0.15, 0.2) is 0 Å². The van der Waals surface area contributed by atoms with Crippen LogP contribution in [-0.2, 0) is 6.42 Å². The number of para-hydroxylation sites is 2. The van der Waals surface area contributed by atoms with Gasteiger partial charge >= 0.3 is 0 Å². The number of fused-ring (bicyclic) bond motifs is 9. The van der Waals surface area contributed by atoms with E-state index in [1.54, 1.807) is 0 Å². The molecule has 3 aliphatic rings. The summed E-state index contributed by atoms with van der Waals surface area (Å²) in [5.74, 6) is 0.663. The summed E-state index contributed by atoms with van der Waals surface area (Å²) in [6, 6.07) is 88.6. The van der Waals surface area contributed by atoms with Crippen LogP contribution in [0.1, 0.15) is 65.0 Å². The van der Waals surface area contributed by atoms with E-state index in [1.165, 1.54) is 127 Å². The Kier molecular flexibility index (Phi) is 11.1. The Morgan fingerprint density at radius 3 is 1.57 bits per heavy atom. The fraction of sp³-hybridized carbons (Fsp3) is 0.0933. The summed E-state index contributed by atoms with van der Waals surface area (Å²) in [4.78, 5) is 0. The van der Waals surface area contributed by atoms with Crippen molar-refractivity contribution in [3.63, 3.8) is 0 Å². The maximum absolute atomic E-state index is 2.60. The third-order valence-corrected chi connectivity index (χ3v) is 17.1. The first kappa shape index (κ1) is 45.2. The van der Waals surface area contributed by atoms with Crippen molar-refractivity contribution in [2.75, 3.05) is 0 Å². The molecule has 15 rings (SSSR count). The third kappa shape index (κ3) is 7.94. The molecular formula is C75H56N2. The van der Waals surface area contributed by atoms with E-state index in [4.69, 9.17) is 0 Å². The molecule has 77 heavy (non-hydrogen) atoms. The molecule has 3 atom stereocenters. The Bertz CT molecular complexity index is 4310. The fourth-order valence-electron chi connectivity index (χ4n) is 13.2. The maximum Gasteiger partial charge on any atom is 0.0540 e. The number of hydrogen-bond donors (Lipinski definition) is 0. The van der Waals surface area contributed by atoms with Crippen molar-refractivity contribution in [2.45, 2.75) is 43.6 Å². The van der Waals surface area contributed by atoms with Crippen molar-refractivity contribution in [2.24, 2.45) is 0 Å². The minimum Gasteiger partial charge on any atom is -0.333 e. The summed E-state index contributed by atoms with van der Waals surface area (Å²) in [5, 5.41) is 5.17. The first-order valence-electron chi connectivity index (χ1n) is 27.5. The van der Waals surface area contributed by atoms with Gasteiger partial charge in [0.2, 0.25) is 0 Å². The standard InChI is InChI=1S/C75H56N2/c1-2-13-50(14-3-1)51-16-12-17-62(42-37-51)76-74-45-40-59(56-29-25-52(26-30-56)54-33-35-58(36-34-54)69-49-61-15-4-5-18-64(61)65-19-6-7-20-66(65)69)47-70(74)71-48-60(41-46-75(71)76)57-31-27-53(28-32-57)55-38-43-63(44-39-55)77-72-23-10-8-21-67(72)68-22-9-11-24-73(68)77/h1-11,13-16,18-38,40-48,55,62,69H,12,17,39,49H2. The lowest BCUT2D eigenvalue weighted by Gasteiger charge is -2.28. The minimum absolute atomic E-state index is 0.214. The number of aromatic nitrogens is 2. The second-order valence-corrected chi connectivity index (χ2v) is 21.4. The highest BCUT2D eigenvalue weighted by molar-refractivity contribution is 6.12. The van der Waals surface area contributed by atoms with Crippen molar-refractivity contribution < 1.29 is 0 Å². The second kappa shape index (κ2) is 18.8. The fourth-order valence-corrected chi connectivity index (χ4v) is 13.2. The van der Waals surface area contributed by atoms with Crippen LogP contribution in [0.4, 0.5) is 0 Å². The van der Waals surface area contributed by atoms with E-state index < -0.39 is 0 Å². The average molecular weight is 985 g/mol. The van der Waals surface area contributed by atoms with Crippen LogP contribution in [0.25, 0.3) is 99.4 Å². The highest BCUT2D eigenvalue weighted by atomic mass is 15.0. The van der Waals surface area contributed by atoms with E-state index >= 15 is 0 Å². The van der Waals surface area contributed by atoms with Gasteiger partial charge in [-0.05, 0) is 146 Å². The zero-order valence-electron chi connectivity index (χ0n) is 42.9. The molecule has 0 radical (unpaired) electrons. The summed E-state index contributed by atoms with van der Waals surface area (Å²) >= 11 is 0. The Morgan fingerprint density at radius 1 is 0.377 bits per heavy atom. The highest BCUT2D eigenvalue weighted by Gasteiger charge is 2.26. The smallest absolute Gasteiger partial charge is 0.0540 e. The largest absolute Gasteiger partial charge is 0.333 e. The first-order chi connectivity index (χ1) is 38.2. The summed E-state index contributed by atoms with van der Waals surface area (Å²) < 4.78 is 5.03. The summed E-state index contributed by atoms with van der Waals surface area (Å²) in [5.41, 5.74) is 24.5. The van der Waals surface area contributed by atoms with Crippen LogP contribution in [0.2, 0.25) is 0 Å². The quantitative estimate of drug-likeness (QED) is 0.144. The molecule has 366 valence electrons. The lowest BCUT2D eigenvalue weighted by molar-refractivity contribution is 0.598. The van der Waals surface area contributed by atoms with Crippen LogP contribution < -0.4 is 0 Å². The number of nitrogens with zero attached hydrogens (tertiary/aromatic N) is 2. The van der Waals surface area contributed by atoms with Gasteiger partial charge in [-0.2, -0.15) is 0 Å². The second-order valence-electron chi connectivity index (χ2n) is 21.4. The molecule has 0 saturated heterocycles. The van der Waals surface area contributed by atoms with Crippen LogP contribution in [-0.4, -0.2) is 9.13 Å². The van der Waals surface area contributed by atoms with E-state index in [1.807, 2.05) is 0 Å². The third-order valence-electron chi connectivity index (χ3n) is 17.1. The van der Waals surface area contributed by atoms with Gasteiger partial charge in [0, 0.05) is 50.1 Å². The number of hydrogen-bond acceptors (Lipinski definition) is 0. The van der Waals surface area contributed by atoms with E-state index in [0.29, 0.717) is 11.8 Å². The SMILES string of the molecule is C1=CC(n2c3ccc(-c4ccc(-c5ccc(C6Cc7ccccc7-c7ccccc76)cc5)cc4)cc3c3cc(-c4ccc(C5C=CC(n6c7ccccc7c7ccccc76)=CC5)cc4)ccc32)CCC=C1c1ccccc1. The van der Waals surface area contributed by atoms with Crippen molar-refractivity contribution in [1.82, 2.24) is 9.13 Å². The Labute approximate surface area is 450 Å². The predicted molar refractivity (Wildman–Crippen MR) is 325 cm³/mol. The number of benzene rings is 10. The number of allylic oxidation sites excluding steroid dienone is 8. The summed E-state index contributed by atoms with van der Waals surface area (Å²) in [7, 11) is 0. The lowest BCUT2D eigenvalue weighted by Crippen LogP contribution is -2.12. The normalized spacial score (nSPS) is 17.1. The molecule has 0 amide bonds. The molecule has 0 N–H and O–H groups in total. The molecule has 2 aromatic heterocycles. The van der Waals surface area contributed by atoms with E-state index in [0.717, 1.165) is 25.7 Å². The summed E-state index contributed by atoms with van der Waals surface area (Å²) in [6.45, 7) is 0. The average Bonchev–Trinajstić information content (AvgIpc) is 3.95. The highest BCUT2D eigenvalue weighted by Crippen LogP contribution is 2.44. The van der Waals surface area contributed by atoms with Gasteiger partial charge in [0.05, 0.1) is 17.1 Å². The zero-order valence-corrected chi connectivity index (χ0v) is 42.9. The maximum atomic E-state index is 2.60. The van der Waals surface area contributed by atoms with Gasteiger partial charge in [-0.15, -0.1) is 0 Å². The Morgan fingerprint density at radius 2 is 0.922 bits per heavy atom. The molecule has 2 heterocycles. The van der Waals surface area contributed by atoms with Crippen LogP contribution in [0.15, 0.2) is 273 Å². The van der Waals surface area contributed by atoms with Crippen LogP contribution in [0, 0.1) is 0 Å². The molecule has 3 unspecified atom stereocenters. The summed E-state index contributed by atoms with van der Waals surface area (Å²) in [6.07, 6.45) is 18.4. The zero-order chi connectivity index (χ0) is 50.8. The molecule has 2 nitrogen and oxygen atoms in total. The minimum atomic E-state index is 0.214. The molecule has 0 saturated carbocycles. The van der Waals surface area contributed by atoms with E-state index in [-0.39, 0.29) is 6.04 Å². The van der Waals surface area contributed by atoms with E-state index in [2.05, 4.69) is 282 Å². The molecule has 0 bridgehead atoms. The first-order valence-corrected chi connectivity index (χ1v) is 27.5. The van der Waals surface area contributed by atoms with Gasteiger partial charge in [-0.3, -0.25) is 0 Å². The molecule has 0 aliphatic heterocycles. The molecular weight excluding hydrogens is 929 g/mol.